The number of allylic oxidation sites excluding steroid dienone is 1. The van der Waals surface area contributed by atoms with Gasteiger partial charge in [0.25, 0.3) is 0 Å². The molecule has 0 saturated heterocycles. The van der Waals surface area contributed by atoms with E-state index >= 15 is 0 Å². The van der Waals surface area contributed by atoms with Gasteiger partial charge in [-0.2, -0.15) is 0 Å². The highest BCUT2D eigenvalue weighted by Crippen LogP contribution is 2.28. The standard InChI is InChI=1S/C15H14BrNOS/c16-11(9-14(18)15-6-3-7-19-15)13-8-10-4-1-2-5-12(10)17-13/h3,6-9,17H,1-2,4-5H2/b11-9+. The van der Waals surface area contributed by atoms with E-state index in [-0.39, 0.29) is 5.78 Å². The molecule has 1 aliphatic carbocycles. The Labute approximate surface area is 124 Å². The predicted octanol–water partition coefficient (Wildman–Crippen LogP) is 4.57. The number of hydrogen-bond acceptors (Lipinski definition) is 2. The third kappa shape index (κ3) is 2.74. The summed E-state index contributed by atoms with van der Waals surface area (Å²) >= 11 is 4.98. The molecule has 0 bridgehead atoms. The quantitative estimate of drug-likeness (QED) is 0.646. The Hall–Kier alpha value is -1.13. The number of ketones is 1. The zero-order chi connectivity index (χ0) is 13.2. The molecule has 0 aromatic carbocycles. The van der Waals surface area contributed by atoms with Gasteiger partial charge < -0.3 is 4.98 Å². The van der Waals surface area contributed by atoms with Crippen molar-refractivity contribution in [2.24, 2.45) is 0 Å². The van der Waals surface area contributed by atoms with E-state index in [1.165, 1.54) is 35.4 Å². The Morgan fingerprint density at radius 1 is 1.37 bits per heavy atom. The van der Waals surface area contributed by atoms with E-state index in [1.54, 1.807) is 6.08 Å². The van der Waals surface area contributed by atoms with Crippen molar-refractivity contribution in [1.82, 2.24) is 4.98 Å². The molecular formula is C15H14BrNOS. The number of hydrogen-bond donors (Lipinski definition) is 1. The van der Waals surface area contributed by atoms with Gasteiger partial charge in [0.2, 0.25) is 0 Å². The van der Waals surface area contributed by atoms with Crippen LogP contribution in [-0.2, 0) is 12.8 Å². The molecule has 0 saturated carbocycles. The van der Waals surface area contributed by atoms with Crippen LogP contribution in [0.15, 0.2) is 29.7 Å². The lowest BCUT2D eigenvalue weighted by Gasteiger charge is -2.08. The first-order chi connectivity index (χ1) is 9.24. The first-order valence-electron chi connectivity index (χ1n) is 6.40. The van der Waals surface area contributed by atoms with Crippen LogP contribution in [0.1, 0.15) is 39.5 Å². The summed E-state index contributed by atoms with van der Waals surface area (Å²) in [6.07, 6.45) is 6.44. The molecule has 2 heterocycles. The van der Waals surface area contributed by atoms with Crippen molar-refractivity contribution in [3.05, 3.63) is 51.5 Å². The first-order valence-corrected chi connectivity index (χ1v) is 8.07. The van der Waals surface area contributed by atoms with Crippen molar-refractivity contribution in [3.8, 4) is 0 Å². The maximum absolute atomic E-state index is 12.0. The van der Waals surface area contributed by atoms with E-state index in [0.717, 1.165) is 27.9 Å². The molecule has 0 spiro atoms. The molecule has 0 radical (unpaired) electrons. The number of fused-ring (bicyclic) bond motifs is 1. The van der Waals surface area contributed by atoms with E-state index in [9.17, 15) is 4.79 Å². The van der Waals surface area contributed by atoms with Gasteiger partial charge in [-0.15, -0.1) is 11.3 Å². The Morgan fingerprint density at radius 2 is 2.21 bits per heavy atom. The van der Waals surface area contributed by atoms with E-state index in [0.29, 0.717) is 0 Å². The molecule has 1 aliphatic rings. The molecule has 0 aliphatic heterocycles. The second-order valence-corrected chi connectivity index (χ2v) is 6.53. The van der Waals surface area contributed by atoms with Crippen molar-refractivity contribution in [2.75, 3.05) is 0 Å². The minimum atomic E-state index is 0.0504. The van der Waals surface area contributed by atoms with E-state index in [1.807, 2.05) is 17.5 Å². The van der Waals surface area contributed by atoms with Crippen LogP contribution in [0, 0.1) is 0 Å². The van der Waals surface area contributed by atoms with Crippen molar-refractivity contribution in [1.29, 1.82) is 0 Å². The van der Waals surface area contributed by atoms with Crippen molar-refractivity contribution < 1.29 is 4.79 Å². The van der Waals surface area contributed by atoms with Gasteiger partial charge in [-0.3, -0.25) is 4.79 Å². The molecule has 0 atom stereocenters. The number of halogens is 1. The van der Waals surface area contributed by atoms with Gasteiger partial charge in [-0.1, -0.05) is 6.07 Å². The fourth-order valence-corrected chi connectivity index (χ4v) is 3.47. The predicted molar refractivity (Wildman–Crippen MR) is 83.0 cm³/mol. The highest BCUT2D eigenvalue weighted by atomic mass is 79.9. The zero-order valence-corrected chi connectivity index (χ0v) is 12.8. The number of carbonyl (C=O) groups excluding carboxylic acids is 1. The number of aromatic amines is 1. The van der Waals surface area contributed by atoms with E-state index < -0.39 is 0 Å². The normalized spacial score (nSPS) is 15.3. The second kappa shape index (κ2) is 5.47. The van der Waals surface area contributed by atoms with Crippen LogP contribution in [0.25, 0.3) is 4.48 Å². The van der Waals surface area contributed by atoms with E-state index in [2.05, 4.69) is 27.0 Å². The Bertz CT molecular complexity index is 601. The van der Waals surface area contributed by atoms with Crippen LogP contribution in [0.4, 0.5) is 0 Å². The molecule has 2 aromatic rings. The van der Waals surface area contributed by atoms with Gasteiger partial charge in [0.15, 0.2) is 5.78 Å². The smallest absolute Gasteiger partial charge is 0.196 e. The minimum Gasteiger partial charge on any atom is -0.358 e. The van der Waals surface area contributed by atoms with Gasteiger partial charge in [0.1, 0.15) is 0 Å². The molecule has 2 nitrogen and oxygen atoms in total. The number of aryl methyl sites for hydroxylation is 2. The van der Waals surface area contributed by atoms with Gasteiger partial charge >= 0.3 is 0 Å². The van der Waals surface area contributed by atoms with Crippen LogP contribution in [-0.4, -0.2) is 10.8 Å². The number of H-pyrrole nitrogens is 1. The van der Waals surface area contributed by atoms with Crippen LogP contribution in [0.3, 0.4) is 0 Å². The lowest BCUT2D eigenvalue weighted by molar-refractivity contribution is 0.105. The summed E-state index contributed by atoms with van der Waals surface area (Å²) in [5.41, 5.74) is 3.74. The second-order valence-electron chi connectivity index (χ2n) is 4.73. The summed E-state index contributed by atoms with van der Waals surface area (Å²) in [5.74, 6) is 0.0504. The van der Waals surface area contributed by atoms with E-state index in [4.69, 9.17) is 0 Å². The number of nitrogens with one attached hydrogen (secondary N) is 1. The molecule has 4 heteroatoms. The first kappa shape index (κ1) is 12.9. The summed E-state index contributed by atoms with van der Waals surface area (Å²) in [4.78, 5) is 16.2. The third-order valence-corrected chi connectivity index (χ3v) is 4.93. The van der Waals surface area contributed by atoms with Gasteiger partial charge in [0.05, 0.1) is 10.6 Å². The maximum Gasteiger partial charge on any atom is 0.196 e. The monoisotopic (exact) mass is 335 g/mol. The van der Waals surface area contributed by atoms with Crippen molar-refractivity contribution in [2.45, 2.75) is 25.7 Å². The molecule has 0 amide bonds. The van der Waals surface area contributed by atoms with Gasteiger partial charge in [-0.25, -0.2) is 0 Å². The molecule has 3 rings (SSSR count). The van der Waals surface area contributed by atoms with Crippen LogP contribution < -0.4 is 0 Å². The highest BCUT2D eigenvalue weighted by molar-refractivity contribution is 9.15. The highest BCUT2D eigenvalue weighted by Gasteiger charge is 2.14. The summed E-state index contributed by atoms with van der Waals surface area (Å²) in [7, 11) is 0. The number of carbonyl (C=O) groups is 1. The van der Waals surface area contributed by atoms with Gasteiger partial charge in [0, 0.05) is 16.3 Å². The minimum absolute atomic E-state index is 0.0504. The topological polar surface area (TPSA) is 32.9 Å². The molecule has 19 heavy (non-hydrogen) atoms. The SMILES string of the molecule is O=C(/C=C(/Br)c1cc2c([nH]1)CCCC2)c1cccs1. The van der Waals surface area contributed by atoms with Crippen molar-refractivity contribution in [3.63, 3.8) is 0 Å². The Kier molecular flexibility index (Phi) is 3.71. The van der Waals surface area contributed by atoms with Gasteiger partial charge in [-0.05, 0) is 64.7 Å². The number of rotatable bonds is 3. The summed E-state index contributed by atoms with van der Waals surface area (Å²) < 4.78 is 0.834. The van der Waals surface area contributed by atoms with Crippen LogP contribution in [0.5, 0.6) is 0 Å². The van der Waals surface area contributed by atoms with Crippen LogP contribution >= 0.6 is 27.3 Å². The van der Waals surface area contributed by atoms with Crippen LogP contribution in [0.2, 0.25) is 0 Å². The average molecular weight is 336 g/mol. The Balaban J connectivity index is 1.85. The molecule has 1 N–H and O–H groups in total. The lowest BCUT2D eigenvalue weighted by Crippen LogP contribution is -1.99. The largest absolute Gasteiger partial charge is 0.358 e. The summed E-state index contributed by atoms with van der Waals surface area (Å²) in [6.45, 7) is 0. The fourth-order valence-electron chi connectivity index (χ4n) is 2.41. The summed E-state index contributed by atoms with van der Waals surface area (Å²) in [6, 6.07) is 5.91. The molecule has 0 fully saturated rings. The van der Waals surface area contributed by atoms with Crippen molar-refractivity contribution >= 4 is 37.5 Å². The zero-order valence-electron chi connectivity index (χ0n) is 10.4. The number of aromatic nitrogens is 1. The Morgan fingerprint density at radius 3 is 2.95 bits per heavy atom. The third-order valence-electron chi connectivity index (χ3n) is 3.39. The average Bonchev–Trinajstić information content (AvgIpc) is 3.07. The number of thiophene rings is 1. The molecule has 0 unspecified atom stereocenters. The molecule has 98 valence electrons. The summed E-state index contributed by atoms with van der Waals surface area (Å²) in [5, 5.41) is 1.92. The fraction of sp³-hybridized carbons (Fsp3) is 0.267. The molecule has 2 aromatic heterocycles. The lowest BCUT2D eigenvalue weighted by atomic mass is 9.98. The molecular weight excluding hydrogens is 322 g/mol. The maximum atomic E-state index is 12.0.